The van der Waals surface area contributed by atoms with Crippen LogP contribution in [0.15, 0.2) is 0 Å². The fourth-order valence-corrected chi connectivity index (χ4v) is 2.41. The van der Waals surface area contributed by atoms with Gasteiger partial charge in [-0.1, -0.05) is 13.3 Å². The van der Waals surface area contributed by atoms with Crippen LogP contribution in [0.4, 0.5) is 0 Å². The van der Waals surface area contributed by atoms with Gasteiger partial charge in [-0.25, -0.2) is 0 Å². The second-order valence-corrected chi connectivity index (χ2v) is 5.11. The fourth-order valence-electron chi connectivity index (χ4n) is 2.41. The zero-order valence-corrected chi connectivity index (χ0v) is 11.1. The number of aliphatic hydroxyl groups is 2. The second-order valence-electron chi connectivity index (χ2n) is 5.11. The lowest BCUT2D eigenvalue weighted by Crippen LogP contribution is -2.38. The number of likely N-dealkylation sites (tertiary alicyclic amines) is 1. The standard InChI is InChI=1S/C13H28N2O2/c1-2-12(5-8-16)9-14-10-13(17)11-15-6-3-4-7-15/h12-14,16-17H,2-11H2,1H3. The van der Waals surface area contributed by atoms with Crippen LogP contribution in [-0.4, -0.2) is 60.5 Å². The molecule has 1 heterocycles. The fraction of sp³-hybridized carbons (Fsp3) is 1.00. The molecule has 4 nitrogen and oxygen atoms in total. The predicted octanol–water partition coefficient (Wildman–Crippen LogP) is 0.441. The summed E-state index contributed by atoms with van der Waals surface area (Å²) in [6.07, 6.45) is 4.21. The Morgan fingerprint density at radius 3 is 2.53 bits per heavy atom. The first-order valence-electron chi connectivity index (χ1n) is 6.98. The van der Waals surface area contributed by atoms with Crippen LogP contribution in [0.3, 0.4) is 0 Å². The van der Waals surface area contributed by atoms with Crippen molar-refractivity contribution in [2.24, 2.45) is 5.92 Å². The van der Waals surface area contributed by atoms with E-state index in [1.54, 1.807) is 0 Å². The largest absolute Gasteiger partial charge is 0.396 e. The first-order chi connectivity index (χ1) is 8.26. The monoisotopic (exact) mass is 244 g/mol. The number of aliphatic hydroxyl groups excluding tert-OH is 2. The molecule has 0 radical (unpaired) electrons. The predicted molar refractivity (Wildman–Crippen MR) is 70.0 cm³/mol. The van der Waals surface area contributed by atoms with Gasteiger partial charge < -0.3 is 20.4 Å². The van der Waals surface area contributed by atoms with Crippen molar-refractivity contribution in [3.8, 4) is 0 Å². The molecule has 1 fully saturated rings. The van der Waals surface area contributed by atoms with Crippen LogP contribution < -0.4 is 5.32 Å². The van der Waals surface area contributed by atoms with E-state index in [0.29, 0.717) is 12.5 Å². The molecule has 3 N–H and O–H groups in total. The molecule has 1 aliphatic heterocycles. The average Bonchev–Trinajstić information content (AvgIpc) is 2.80. The molecule has 2 atom stereocenters. The first kappa shape index (κ1) is 14.9. The summed E-state index contributed by atoms with van der Waals surface area (Å²) in [5, 5.41) is 22.1. The quantitative estimate of drug-likeness (QED) is 0.551. The Morgan fingerprint density at radius 2 is 1.94 bits per heavy atom. The van der Waals surface area contributed by atoms with Crippen LogP contribution in [0.1, 0.15) is 32.6 Å². The summed E-state index contributed by atoms with van der Waals surface area (Å²) in [4.78, 5) is 2.33. The molecule has 0 aromatic carbocycles. The Labute approximate surface area is 105 Å². The van der Waals surface area contributed by atoms with Crippen LogP contribution in [-0.2, 0) is 0 Å². The highest BCUT2D eigenvalue weighted by Crippen LogP contribution is 2.08. The van der Waals surface area contributed by atoms with Crippen LogP contribution in [0.25, 0.3) is 0 Å². The van der Waals surface area contributed by atoms with Crippen LogP contribution in [0.2, 0.25) is 0 Å². The molecule has 1 saturated heterocycles. The van der Waals surface area contributed by atoms with Gasteiger partial charge in [0.25, 0.3) is 0 Å². The highest BCUT2D eigenvalue weighted by atomic mass is 16.3. The molecule has 0 aliphatic carbocycles. The summed E-state index contributed by atoms with van der Waals surface area (Å²) in [6.45, 7) is 7.04. The minimum absolute atomic E-state index is 0.260. The Kier molecular flexibility index (Phi) is 7.77. The molecule has 0 bridgehead atoms. The first-order valence-corrected chi connectivity index (χ1v) is 6.98. The van der Waals surface area contributed by atoms with E-state index in [2.05, 4.69) is 17.1 Å². The molecule has 0 aromatic heterocycles. The van der Waals surface area contributed by atoms with Crippen molar-refractivity contribution < 1.29 is 10.2 Å². The Hall–Kier alpha value is -0.160. The van der Waals surface area contributed by atoms with E-state index in [1.165, 1.54) is 12.8 Å². The minimum Gasteiger partial charge on any atom is -0.396 e. The molecule has 0 spiro atoms. The van der Waals surface area contributed by atoms with Gasteiger partial charge in [-0.2, -0.15) is 0 Å². The van der Waals surface area contributed by atoms with E-state index < -0.39 is 0 Å². The summed E-state index contributed by atoms with van der Waals surface area (Å²) in [5.74, 6) is 0.527. The minimum atomic E-state index is -0.264. The van der Waals surface area contributed by atoms with Crippen molar-refractivity contribution in [1.82, 2.24) is 10.2 Å². The van der Waals surface area contributed by atoms with Crippen molar-refractivity contribution >= 4 is 0 Å². The van der Waals surface area contributed by atoms with Gasteiger partial charge in [0.2, 0.25) is 0 Å². The van der Waals surface area contributed by atoms with Gasteiger partial charge in [-0.15, -0.1) is 0 Å². The molecule has 17 heavy (non-hydrogen) atoms. The number of β-amino-alcohol motifs (C(OH)–C–C–N with tert-alkyl or cyclic N) is 1. The van der Waals surface area contributed by atoms with E-state index in [9.17, 15) is 5.11 Å². The maximum absolute atomic E-state index is 9.87. The maximum atomic E-state index is 9.87. The Morgan fingerprint density at radius 1 is 1.24 bits per heavy atom. The lowest BCUT2D eigenvalue weighted by atomic mass is 10.0. The maximum Gasteiger partial charge on any atom is 0.0791 e. The van der Waals surface area contributed by atoms with E-state index in [4.69, 9.17) is 5.11 Å². The van der Waals surface area contributed by atoms with Crippen molar-refractivity contribution in [2.75, 3.05) is 39.3 Å². The molecule has 2 unspecified atom stereocenters. The van der Waals surface area contributed by atoms with E-state index in [1.807, 2.05) is 0 Å². The van der Waals surface area contributed by atoms with Gasteiger partial charge in [-0.05, 0) is 44.8 Å². The van der Waals surface area contributed by atoms with Gasteiger partial charge in [-0.3, -0.25) is 0 Å². The Bertz CT molecular complexity index is 184. The van der Waals surface area contributed by atoms with E-state index in [0.717, 1.165) is 39.0 Å². The lowest BCUT2D eigenvalue weighted by molar-refractivity contribution is 0.121. The Balaban J connectivity index is 2.03. The summed E-state index contributed by atoms with van der Waals surface area (Å²) in [7, 11) is 0. The number of nitrogens with zero attached hydrogens (tertiary/aromatic N) is 1. The van der Waals surface area contributed by atoms with Gasteiger partial charge in [0.1, 0.15) is 0 Å². The molecular formula is C13H28N2O2. The zero-order valence-electron chi connectivity index (χ0n) is 11.1. The molecule has 4 heteroatoms. The van der Waals surface area contributed by atoms with Crippen LogP contribution >= 0.6 is 0 Å². The van der Waals surface area contributed by atoms with Crippen molar-refractivity contribution in [2.45, 2.75) is 38.7 Å². The molecule has 0 amide bonds. The van der Waals surface area contributed by atoms with Crippen LogP contribution in [0, 0.1) is 5.92 Å². The van der Waals surface area contributed by atoms with Gasteiger partial charge in [0.15, 0.2) is 0 Å². The van der Waals surface area contributed by atoms with Crippen LogP contribution in [0.5, 0.6) is 0 Å². The number of hydrogen-bond donors (Lipinski definition) is 3. The summed E-state index contributed by atoms with van der Waals surface area (Å²) >= 11 is 0. The van der Waals surface area contributed by atoms with Crippen molar-refractivity contribution in [3.63, 3.8) is 0 Å². The van der Waals surface area contributed by atoms with Gasteiger partial charge in [0, 0.05) is 19.7 Å². The number of rotatable bonds is 9. The van der Waals surface area contributed by atoms with E-state index >= 15 is 0 Å². The molecule has 0 aromatic rings. The third-order valence-corrected chi connectivity index (χ3v) is 3.60. The summed E-state index contributed by atoms with van der Waals surface area (Å²) in [5.41, 5.74) is 0. The third kappa shape index (κ3) is 6.36. The third-order valence-electron chi connectivity index (χ3n) is 3.60. The SMILES string of the molecule is CCC(CCO)CNCC(O)CN1CCCC1. The molecule has 1 aliphatic rings. The second kappa shape index (κ2) is 8.86. The summed E-state index contributed by atoms with van der Waals surface area (Å²) < 4.78 is 0. The van der Waals surface area contributed by atoms with Crippen molar-refractivity contribution in [3.05, 3.63) is 0 Å². The molecule has 0 saturated carbocycles. The zero-order chi connectivity index (χ0) is 12.5. The number of nitrogens with one attached hydrogen (secondary N) is 1. The highest BCUT2D eigenvalue weighted by Gasteiger charge is 2.15. The van der Waals surface area contributed by atoms with Gasteiger partial charge in [0.05, 0.1) is 6.10 Å². The normalized spacial score (nSPS) is 20.6. The van der Waals surface area contributed by atoms with E-state index in [-0.39, 0.29) is 12.7 Å². The molecule has 1 rings (SSSR count). The molecule has 102 valence electrons. The van der Waals surface area contributed by atoms with Crippen molar-refractivity contribution in [1.29, 1.82) is 0 Å². The topological polar surface area (TPSA) is 55.7 Å². The smallest absolute Gasteiger partial charge is 0.0791 e. The lowest BCUT2D eigenvalue weighted by Gasteiger charge is -2.21. The molecular weight excluding hydrogens is 216 g/mol. The summed E-state index contributed by atoms with van der Waals surface area (Å²) in [6, 6.07) is 0. The average molecular weight is 244 g/mol. The highest BCUT2D eigenvalue weighted by molar-refractivity contribution is 4.72. The number of hydrogen-bond acceptors (Lipinski definition) is 4. The van der Waals surface area contributed by atoms with Gasteiger partial charge >= 0.3 is 0 Å².